The van der Waals surface area contributed by atoms with Gasteiger partial charge in [-0.3, -0.25) is 0 Å². The van der Waals surface area contributed by atoms with E-state index in [-0.39, 0.29) is 16.9 Å². The van der Waals surface area contributed by atoms with E-state index in [1.165, 1.54) is 0 Å². The first-order chi connectivity index (χ1) is 11.7. The van der Waals surface area contributed by atoms with Crippen molar-refractivity contribution in [2.45, 2.75) is 46.0 Å². The first kappa shape index (κ1) is 16.7. The summed E-state index contributed by atoms with van der Waals surface area (Å²) < 4.78 is 40.3. The molecule has 3 rings (SSSR count). The molecule has 0 aliphatic rings. The number of halogens is 2. The van der Waals surface area contributed by atoms with Gasteiger partial charge in [0.1, 0.15) is 0 Å². The van der Waals surface area contributed by atoms with Crippen molar-refractivity contribution in [2.75, 3.05) is 6.61 Å². The summed E-state index contributed by atoms with van der Waals surface area (Å²) in [4.78, 5) is 0. The van der Waals surface area contributed by atoms with E-state index >= 15 is 0 Å². The van der Waals surface area contributed by atoms with Crippen molar-refractivity contribution in [3.63, 3.8) is 0 Å². The first-order valence-electron chi connectivity index (χ1n) is 8.62. The summed E-state index contributed by atoms with van der Waals surface area (Å²) in [6.07, 6.45) is 4.47. The second kappa shape index (κ2) is 7.20. The third-order valence-corrected chi connectivity index (χ3v) is 4.26. The van der Waals surface area contributed by atoms with Crippen LogP contribution in [0, 0.1) is 11.6 Å². The molecular weight excluding hydrogens is 310 g/mol. The van der Waals surface area contributed by atoms with Gasteiger partial charge in [-0.25, -0.2) is 4.39 Å². The molecule has 0 N–H and O–H groups in total. The van der Waals surface area contributed by atoms with Gasteiger partial charge < -0.3 is 9.15 Å². The Labute approximate surface area is 140 Å². The lowest BCUT2D eigenvalue weighted by Crippen LogP contribution is -1.99. The SMILES string of the molecule is CCCCCOc1ccc2c(oc3c(F)c(CCC)ccc32)c1F. The van der Waals surface area contributed by atoms with E-state index in [4.69, 9.17) is 9.15 Å². The zero-order valence-electron chi connectivity index (χ0n) is 14.1. The van der Waals surface area contributed by atoms with Crippen molar-refractivity contribution in [3.8, 4) is 5.75 Å². The van der Waals surface area contributed by atoms with Crippen LogP contribution < -0.4 is 4.74 Å². The highest BCUT2D eigenvalue weighted by atomic mass is 19.1. The summed E-state index contributed by atoms with van der Waals surface area (Å²) in [5, 5.41) is 1.17. The molecule has 128 valence electrons. The third-order valence-electron chi connectivity index (χ3n) is 4.26. The van der Waals surface area contributed by atoms with Crippen LogP contribution in [0.4, 0.5) is 8.78 Å². The van der Waals surface area contributed by atoms with Gasteiger partial charge in [0, 0.05) is 10.8 Å². The highest BCUT2D eigenvalue weighted by Crippen LogP contribution is 2.36. The van der Waals surface area contributed by atoms with E-state index in [0.29, 0.717) is 29.4 Å². The highest BCUT2D eigenvalue weighted by molar-refractivity contribution is 6.05. The summed E-state index contributed by atoms with van der Waals surface area (Å²) >= 11 is 0. The summed E-state index contributed by atoms with van der Waals surface area (Å²) in [6, 6.07) is 6.88. The maximum Gasteiger partial charge on any atom is 0.208 e. The van der Waals surface area contributed by atoms with Gasteiger partial charge in [-0.1, -0.05) is 39.2 Å². The van der Waals surface area contributed by atoms with Crippen LogP contribution >= 0.6 is 0 Å². The molecule has 0 aliphatic carbocycles. The molecular formula is C20H22F2O2. The molecule has 0 saturated heterocycles. The van der Waals surface area contributed by atoms with Gasteiger partial charge in [-0.05, 0) is 36.6 Å². The third kappa shape index (κ3) is 2.97. The standard InChI is InChI=1S/C20H22F2O2/c1-3-5-6-12-23-16-11-10-15-14-9-8-13(7-4-2)17(21)19(14)24-20(15)18(16)22/h8-11H,3-7,12H2,1-2H3. The molecule has 0 unspecified atom stereocenters. The normalized spacial score (nSPS) is 11.5. The number of benzene rings is 2. The molecule has 0 aliphatic heterocycles. The number of ether oxygens (including phenoxy) is 1. The number of fused-ring (bicyclic) bond motifs is 3. The fraction of sp³-hybridized carbons (Fsp3) is 0.400. The molecule has 0 saturated carbocycles. The summed E-state index contributed by atoms with van der Waals surface area (Å²) in [5.74, 6) is -0.793. The Hall–Kier alpha value is -2.10. The minimum absolute atomic E-state index is 0.0607. The first-order valence-corrected chi connectivity index (χ1v) is 8.62. The minimum atomic E-state index is -0.559. The molecule has 0 amide bonds. The Morgan fingerprint density at radius 1 is 0.875 bits per heavy atom. The molecule has 24 heavy (non-hydrogen) atoms. The number of rotatable bonds is 7. The van der Waals surface area contributed by atoms with Crippen LogP contribution in [0.1, 0.15) is 45.1 Å². The zero-order valence-corrected chi connectivity index (χ0v) is 14.1. The predicted molar refractivity (Wildman–Crippen MR) is 92.7 cm³/mol. The molecule has 0 atom stereocenters. The van der Waals surface area contributed by atoms with Gasteiger partial charge in [0.2, 0.25) is 5.82 Å². The quantitative estimate of drug-likeness (QED) is 0.468. The van der Waals surface area contributed by atoms with Crippen LogP contribution in [-0.4, -0.2) is 6.61 Å². The van der Waals surface area contributed by atoms with Gasteiger partial charge >= 0.3 is 0 Å². The lowest BCUT2D eigenvalue weighted by molar-refractivity contribution is 0.291. The zero-order chi connectivity index (χ0) is 17.1. The number of hydrogen-bond acceptors (Lipinski definition) is 2. The summed E-state index contributed by atoms with van der Waals surface area (Å²) in [5.41, 5.74) is 0.782. The van der Waals surface area contributed by atoms with Crippen LogP contribution in [0.3, 0.4) is 0 Å². The lowest BCUT2D eigenvalue weighted by Gasteiger charge is -2.06. The average Bonchev–Trinajstić information content (AvgIpc) is 2.96. The van der Waals surface area contributed by atoms with Gasteiger partial charge in [0.15, 0.2) is 22.7 Å². The topological polar surface area (TPSA) is 22.4 Å². The largest absolute Gasteiger partial charge is 0.490 e. The maximum atomic E-state index is 14.7. The van der Waals surface area contributed by atoms with Gasteiger partial charge in [0.25, 0.3) is 0 Å². The van der Waals surface area contributed by atoms with Crippen molar-refractivity contribution in [1.29, 1.82) is 0 Å². The molecule has 2 nitrogen and oxygen atoms in total. The molecule has 0 spiro atoms. The molecule has 0 radical (unpaired) electrons. The fourth-order valence-electron chi connectivity index (χ4n) is 2.97. The minimum Gasteiger partial charge on any atom is -0.490 e. The molecule has 4 heteroatoms. The Morgan fingerprint density at radius 2 is 1.58 bits per heavy atom. The van der Waals surface area contributed by atoms with Gasteiger partial charge in [0.05, 0.1) is 6.61 Å². The number of furan rings is 1. The van der Waals surface area contributed by atoms with E-state index < -0.39 is 11.6 Å². The van der Waals surface area contributed by atoms with Gasteiger partial charge in [-0.2, -0.15) is 4.39 Å². The van der Waals surface area contributed by atoms with Gasteiger partial charge in [-0.15, -0.1) is 0 Å². The summed E-state index contributed by atoms with van der Waals surface area (Å²) in [7, 11) is 0. The Bertz CT molecular complexity index is 852. The van der Waals surface area contributed by atoms with Crippen molar-refractivity contribution < 1.29 is 17.9 Å². The average molecular weight is 332 g/mol. The lowest BCUT2D eigenvalue weighted by atomic mass is 10.1. The molecule has 3 aromatic rings. The number of unbranched alkanes of at least 4 members (excludes halogenated alkanes) is 2. The fourth-order valence-corrected chi connectivity index (χ4v) is 2.97. The smallest absolute Gasteiger partial charge is 0.208 e. The van der Waals surface area contributed by atoms with Crippen molar-refractivity contribution in [3.05, 3.63) is 41.5 Å². The van der Waals surface area contributed by atoms with E-state index in [0.717, 1.165) is 25.7 Å². The van der Waals surface area contributed by atoms with Crippen molar-refractivity contribution >= 4 is 21.9 Å². The van der Waals surface area contributed by atoms with Crippen molar-refractivity contribution in [1.82, 2.24) is 0 Å². The Balaban J connectivity index is 2.01. The van der Waals surface area contributed by atoms with Crippen LogP contribution in [0.15, 0.2) is 28.7 Å². The maximum absolute atomic E-state index is 14.7. The van der Waals surface area contributed by atoms with E-state index in [1.807, 2.05) is 6.92 Å². The Kier molecular flexibility index (Phi) is 5.03. The highest BCUT2D eigenvalue weighted by Gasteiger charge is 2.19. The Morgan fingerprint density at radius 3 is 2.29 bits per heavy atom. The monoisotopic (exact) mass is 332 g/mol. The van der Waals surface area contributed by atoms with Crippen LogP contribution in [0.25, 0.3) is 21.9 Å². The second-order valence-corrected chi connectivity index (χ2v) is 6.08. The van der Waals surface area contributed by atoms with E-state index in [2.05, 4.69) is 6.92 Å². The molecule has 0 fully saturated rings. The van der Waals surface area contributed by atoms with Crippen LogP contribution in [-0.2, 0) is 6.42 Å². The van der Waals surface area contributed by atoms with E-state index in [1.54, 1.807) is 24.3 Å². The summed E-state index contributed by atoms with van der Waals surface area (Å²) in [6.45, 7) is 4.55. The van der Waals surface area contributed by atoms with Crippen LogP contribution in [0.5, 0.6) is 5.75 Å². The van der Waals surface area contributed by atoms with Crippen LogP contribution in [0.2, 0.25) is 0 Å². The van der Waals surface area contributed by atoms with Crippen molar-refractivity contribution in [2.24, 2.45) is 0 Å². The molecule has 1 aromatic heterocycles. The second-order valence-electron chi connectivity index (χ2n) is 6.08. The number of aryl methyl sites for hydroxylation is 1. The molecule has 0 bridgehead atoms. The molecule has 2 aromatic carbocycles. The molecule has 1 heterocycles. The van der Waals surface area contributed by atoms with E-state index in [9.17, 15) is 8.78 Å². The predicted octanol–water partition coefficient (Wildman–Crippen LogP) is 6.39. The number of hydrogen-bond donors (Lipinski definition) is 0.